The van der Waals surface area contributed by atoms with Gasteiger partial charge in [0.25, 0.3) is 0 Å². The van der Waals surface area contributed by atoms with Crippen molar-refractivity contribution in [3.63, 3.8) is 0 Å². The fourth-order valence-electron chi connectivity index (χ4n) is 2.14. The summed E-state index contributed by atoms with van der Waals surface area (Å²) in [6, 6.07) is 4.15. The Morgan fingerprint density at radius 2 is 1.86 bits per heavy atom. The molecule has 0 atom stereocenters. The molecule has 1 aromatic rings. The van der Waals surface area contributed by atoms with E-state index in [1.807, 2.05) is 27.7 Å². The average molecular weight is 321 g/mol. The SMILES string of the molecule is CC(=O)NCC(=Cc1ccc(C)s1)B1OC(C)(C)C(C)(C)O1. The minimum Gasteiger partial charge on any atom is -0.400 e. The van der Waals surface area contributed by atoms with Crippen molar-refractivity contribution in [1.29, 1.82) is 0 Å². The van der Waals surface area contributed by atoms with E-state index < -0.39 is 18.3 Å². The Balaban J connectivity index is 2.25. The van der Waals surface area contributed by atoms with Crippen LogP contribution in [0.3, 0.4) is 0 Å². The van der Waals surface area contributed by atoms with Gasteiger partial charge >= 0.3 is 7.12 Å². The Bertz CT molecular complexity index is 576. The van der Waals surface area contributed by atoms with Crippen molar-refractivity contribution >= 4 is 30.4 Å². The molecule has 1 aliphatic heterocycles. The molecule has 1 saturated heterocycles. The van der Waals surface area contributed by atoms with E-state index in [1.165, 1.54) is 11.8 Å². The Hall–Kier alpha value is -1.11. The first kappa shape index (κ1) is 17.3. The lowest BCUT2D eigenvalue weighted by molar-refractivity contribution is -0.118. The Kier molecular flexibility index (Phi) is 4.85. The zero-order chi connectivity index (χ0) is 16.5. The molecule has 2 rings (SSSR count). The molecule has 22 heavy (non-hydrogen) atoms. The summed E-state index contributed by atoms with van der Waals surface area (Å²) in [5, 5.41) is 2.84. The number of hydrogen-bond acceptors (Lipinski definition) is 4. The average Bonchev–Trinajstić information content (AvgIpc) is 2.86. The quantitative estimate of drug-likeness (QED) is 0.866. The Morgan fingerprint density at radius 1 is 1.27 bits per heavy atom. The van der Waals surface area contributed by atoms with Crippen LogP contribution in [0.4, 0.5) is 0 Å². The van der Waals surface area contributed by atoms with Gasteiger partial charge in [0.05, 0.1) is 11.2 Å². The highest BCUT2D eigenvalue weighted by molar-refractivity contribution is 7.12. The largest absolute Gasteiger partial charge is 0.492 e. The van der Waals surface area contributed by atoms with Gasteiger partial charge < -0.3 is 14.6 Å². The maximum atomic E-state index is 11.3. The predicted molar refractivity (Wildman–Crippen MR) is 91.8 cm³/mol. The van der Waals surface area contributed by atoms with E-state index in [1.54, 1.807) is 11.3 Å². The molecule has 0 bridgehead atoms. The van der Waals surface area contributed by atoms with Gasteiger partial charge in [0.1, 0.15) is 0 Å². The number of carbonyl (C=O) groups is 1. The molecule has 120 valence electrons. The van der Waals surface area contributed by atoms with E-state index in [-0.39, 0.29) is 5.91 Å². The summed E-state index contributed by atoms with van der Waals surface area (Å²) in [6.45, 7) is 12.1. The highest BCUT2D eigenvalue weighted by Gasteiger charge is 2.52. The van der Waals surface area contributed by atoms with Crippen LogP contribution in [-0.4, -0.2) is 30.8 Å². The van der Waals surface area contributed by atoms with Crippen molar-refractivity contribution < 1.29 is 14.1 Å². The van der Waals surface area contributed by atoms with Gasteiger partial charge in [-0.2, -0.15) is 0 Å². The van der Waals surface area contributed by atoms with Crippen LogP contribution in [0.2, 0.25) is 0 Å². The van der Waals surface area contributed by atoms with Gasteiger partial charge in [-0.1, -0.05) is 0 Å². The minimum atomic E-state index is -0.445. The second-order valence-corrected chi connectivity index (χ2v) is 7.99. The van der Waals surface area contributed by atoms with Crippen molar-refractivity contribution in [2.75, 3.05) is 6.54 Å². The summed E-state index contributed by atoms with van der Waals surface area (Å²) in [7, 11) is -0.445. The molecule has 4 nitrogen and oxygen atoms in total. The van der Waals surface area contributed by atoms with Gasteiger partial charge in [0.15, 0.2) is 0 Å². The summed E-state index contributed by atoms with van der Waals surface area (Å²) < 4.78 is 12.2. The molecule has 0 aromatic carbocycles. The molecule has 1 aliphatic rings. The van der Waals surface area contributed by atoms with Crippen molar-refractivity contribution in [3.05, 3.63) is 27.4 Å². The maximum Gasteiger partial charge on any atom is 0.492 e. The van der Waals surface area contributed by atoms with Crippen LogP contribution in [0.15, 0.2) is 17.6 Å². The molecule has 6 heteroatoms. The normalized spacial score (nSPS) is 20.3. The van der Waals surface area contributed by atoms with E-state index in [4.69, 9.17) is 9.31 Å². The fourth-order valence-corrected chi connectivity index (χ4v) is 2.99. The summed E-state index contributed by atoms with van der Waals surface area (Å²) >= 11 is 1.71. The minimum absolute atomic E-state index is 0.0650. The molecule has 1 fully saturated rings. The number of amides is 1. The van der Waals surface area contributed by atoms with Gasteiger partial charge in [0, 0.05) is 23.2 Å². The van der Waals surface area contributed by atoms with Gasteiger partial charge in [-0.25, -0.2) is 0 Å². The monoisotopic (exact) mass is 321 g/mol. The van der Waals surface area contributed by atoms with Crippen LogP contribution in [0.5, 0.6) is 0 Å². The third-order valence-corrected chi connectivity index (χ3v) is 5.13. The molecular weight excluding hydrogens is 297 g/mol. The Morgan fingerprint density at radius 3 is 2.32 bits per heavy atom. The molecule has 1 amide bonds. The Labute approximate surface area is 137 Å². The van der Waals surface area contributed by atoms with Crippen molar-refractivity contribution in [2.45, 2.75) is 52.7 Å². The zero-order valence-electron chi connectivity index (χ0n) is 14.1. The van der Waals surface area contributed by atoms with Crippen molar-refractivity contribution in [1.82, 2.24) is 5.32 Å². The maximum absolute atomic E-state index is 11.3. The van der Waals surface area contributed by atoms with Crippen LogP contribution in [-0.2, 0) is 14.1 Å². The number of hydrogen-bond donors (Lipinski definition) is 1. The molecule has 1 N–H and O–H groups in total. The summed E-state index contributed by atoms with van der Waals surface area (Å²) in [5.41, 5.74) is 0.146. The van der Waals surface area contributed by atoms with E-state index in [2.05, 4.69) is 30.4 Å². The molecule has 0 saturated carbocycles. The highest BCUT2D eigenvalue weighted by Crippen LogP contribution is 2.38. The van der Waals surface area contributed by atoms with Gasteiger partial charge in [0.2, 0.25) is 5.91 Å². The lowest BCUT2D eigenvalue weighted by Crippen LogP contribution is -2.41. The molecule has 0 spiro atoms. The van der Waals surface area contributed by atoms with Crippen LogP contribution in [0, 0.1) is 6.92 Å². The van der Waals surface area contributed by atoms with Crippen LogP contribution in [0.25, 0.3) is 6.08 Å². The van der Waals surface area contributed by atoms with Gasteiger partial charge in [-0.05, 0) is 58.3 Å². The number of rotatable bonds is 4. The molecule has 0 unspecified atom stereocenters. The lowest BCUT2D eigenvalue weighted by atomic mass is 9.77. The third-order valence-electron chi connectivity index (χ3n) is 4.19. The summed E-state index contributed by atoms with van der Waals surface area (Å²) in [5.74, 6) is -0.0650. The first-order valence-corrected chi connectivity index (χ1v) is 8.29. The van der Waals surface area contributed by atoms with Crippen molar-refractivity contribution in [3.8, 4) is 0 Å². The smallest absolute Gasteiger partial charge is 0.400 e. The van der Waals surface area contributed by atoms with E-state index in [9.17, 15) is 4.79 Å². The number of thiophene rings is 1. The molecule has 0 aliphatic carbocycles. The number of aryl methyl sites for hydroxylation is 1. The molecular formula is C16H24BNO3S. The second kappa shape index (κ2) is 6.18. The van der Waals surface area contributed by atoms with Crippen LogP contribution < -0.4 is 5.32 Å². The molecule has 0 radical (unpaired) electrons. The van der Waals surface area contributed by atoms with Crippen LogP contribution in [0.1, 0.15) is 44.4 Å². The van der Waals surface area contributed by atoms with E-state index >= 15 is 0 Å². The van der Waals surface area contributed by atoms with E-state index in [0.717, 1.165) is 10.3 Å². The number of carbonyl (C=O) groups excluding carboxylic acids is 1. The molecule has 1 aromatic heterocycles. The topological polar surface area (TPSA) is 47.6 Å². The standard InChI is InChI=1S/C16H24BNO3S/c1-11-7-8-14(22-11)9-13(10-18-12(2)19)17-20-15(3,4)16(5,6)21-17/h7-9H,10H2,1-6H3,(H,18,19). The van der Waals surface area contributed by atoms with Gasteiger partial charge in [-0.3, -0.25) is 4.79 Å². The second-order valence-electron chi connectivity index (χ2n) is 6.67. The summed E-state index contributed by atoms with van der Waals surface area (Å²) in [6.07, 6.45) is 2.05. The first-order chi connectivity index (χ1) is 10.1. The van der Waals surface area contributed by atoms with Gasteiger partial charge in [-0.15, -0.1) is 11.3 Å². The highest BCUT2D eigenvalue weighted by atomic mass is 32.1. The fraction of sp³-hybridized carbons (Fsp3) is 0.562. The summed E-state index contributed by atoms with van der Waals surface area (Å²) in [4.78, 5) is 13.6. The predicted octanol–water partition coefficient (Wildman–Crippen LogP) is 3.21. The molecule has 2 heterocycles. The number of nitrogens with one attached hydrogen (secondary N) is 1. The zero-order valence-corrected chi connectivity index (χ0v) is 15.0. The van der Waals surface area contributed by atoms with E-state index in [0.29, 0.717) is 6.54 Å². The lowest BCUT2D eigenvalue weighted by Gasteiger charge is -2.32. The van der Waals surface area contributed by atoms with Crippen LogP contribution >= 0.6 is 11.3 Å². The van der Waals surface area contributed by atoms with Crippen molar-refractivity contribution in [2.24, 2.45) is 0 Å². The third kappa shape index (κ3) is 3.80. The first-order valence-electron chi connectivity index (χ1n) is 7.48.